The molecule has 11 heavy (non-hydrogen) atoms. The van der Waals surface area contributed by atoms with Crippen LogP contribution in [0, 0.1) is 0 Å². The third-order valence-corrected chi connectivity index (χ3v) is 2.28. The Kier molecular flexibility index (Phi) is 2.84. The van der Waals surface area contributed by atoms with E-state index in [1.54, 1.807) is 0 Å². The fourth-order valence-electron chi connectivity index (χ4n) is 1.69. The zero-order chi connectivity index (χ0) is 8.43. The first-order chi connectivity index (χ1) is 5.15. The van der Waals surface area contributed by atoms with Crippen molar-refractivity contribution in [1.29, 1.82) is 0 Å². The summed E-state index contributed by atoms with van der Waals surface area (Å²) < 4.78 is 12.8. The molecule has 1 saturated heterocycles. The molecule has 2 atom stereocenters. The highest BCUT2D eigenvalue weighted by Crippen LogP contribution is 2.21. The molecule has 0 radical (unpaired) electrons. The third kappa shape index (κ3) is 1.91. The average Bonchev–Trinajstić information content (AvgIpc) is 2.30. The number of nitrogens with zero attached hydrogens (tertiary/aromatic N) is 1. The first-order valence-electron chi connectivity index (χ1n) is 4.15. The lowest BCUT2D eigenvalue weighted by Crippen LogP contribution is -2.37. The third-order valence-electron chi connectivity index (χ3n) is 2.28. The maximum atomic E-state index is 12.8. The summed E-state index contributed by atoms with van der Waals surface area (Å²) in [6.45, 7) is 4.63. The van der Waals surface area contributed by atoms with Crippen LogP contribution in [0.3, 0.4) is 0 Å². The number of rotatable bonds is 2. The molecule has 0 spiro atoms. The van der Waals surface area contributed by atoms with Crippen LogP contribution >= 0.6 is 0 Å². The summed E-state index contributed by atoms with van der Waals surface area (Å²) in [5.74, 6) is 0. The summed E-state index contributed by atoms with van der Waals surface area (Å²) in [4.78, 5) is 2.02. The van der Waals surface area contributed by atoms with E-state index in [0.29, 0.717) is 19.0 Å². The van der Waals surface area contributed by atoms with Gasteiger partial charge in [0.2, 0.25) is 0 Å². The van der Waals surface area contributed by atoms with E-state index < -0.39 is 6.17 Å². The molecular formula is C8H16FNO. The van der Waals surface area contributed by atoms with Crippen LogP contribution in [-0.4, -0.2) is 41.4 Å². The molecule has 0 aromatic heterocycles. The molecule has 0 aromatic carbocycles. The van der Waals surface area contributed by atoms with E-state index in [9.17, 15) is 4.39 Å². The van der Waals surface area contributed by atoms with Gasteiger partial charge in [0.05, 0.1) is 6.61 Å². The van der Waals surface area contributed by atoms with E-state index >= 15 is 0 Å². The highest BCUT2D eigenvalue weighted by atomic mass is 19.1. The molecule has 1 aliphatic heterocycles. The smallest absolute Gasteiger partial charge is 0.114 e. The summed E-state index contributed by atoms with van der Waals surface area (Å²) in [6.07, 6.45) is -0.246. The first kappa shape index (κ1) is 8.94. The maximum absolute atomic E-state index is 12.8. The van der Waals surface area contributed by atoms with Gasteiger partial charge in [-0.25, -0.2) is 4.39 Å². The van der Waals surface area contributed by atoms with Crippen molar-refractivity contribution in [3.05, 3.63) is 0 Å². The van der Waals surface area contributed by atoms with Crippen molar-refractivity contribution >= 4 is 0 Å². The first-order valence-corrected chi connectivity index (χ1v) is 4.15. The summed E-state index contributed by atoms with van der Waals surface area (Å²) >= 11 is 0. The van der Waals surface area contributed by atoms with Crippen LogP contribution in [0.15, 0.2) is 0 Å². The van der Waals surface area contributed by atoms with Crippen molar-refractivity contribution in [3.8, 4) is 0 Å². The monoisotopic (exact) mass is 161 g/mol. The summed E-state index contributed by atoms with van der Waals surface area (Å²) in [5, 5.41) is 8.89. The lowest BCUT2D eigenvalue weighted by Gasteiger charge is -2.26. The van der Waals surface area contributed by atoms with Crippen molar-refractivity contribution in [2.75, 3.05) is 13.2 Å². The second-order valence-corrected chi connectivity index (χ2v) is 3.46. The minimum Gasteiger partial charge on any atom is -0.395 e. The molecule has 0 aliphatic carbocycles. The number of aliphatic hydroxyl groups excluding tert-OH is 1. The van der Waals surface area contributed by atoms with E-state index in [0.717, 1.165) is 0 Å². The second-order valence-electron chi connectivity index (χ2n) is 3.46. The van der Waals surface area contributed by atoms with Gasteiger partial charge in [0.1, 0.15) is 6.17 Å². The second kappa shape index (κ2) is 3.50. The Bertz CT molecular complexity index is 129. The number of likely N-dealkylation sites (tertiary alicyclic amines) is 1. The van der Waals surface area contributed by atoms with Crippen LogP contribution in [0.4, 0.5) is 4.39 Å². The highest BCUT2D eigenvalue weighted by Gasteiger charge is 2.32. The normalized spacial score (nSPS) is 33.5. The van der Waals surface area contributed by atoms with Gasteiger partial charge in [-0.2, -0.15) is 0 Å². The molecule has 0 aromatic rings. The van der Waals surface area contributed by atoms with Crippen molar-refractivity contribution < 1.29 is 9.50 Å². The Labute approximate surface area is 67.0 Å². The standard InChI is InChI=1S/C8H16FNO/c1-6(2)10-4-7(9)3-8(10)5-11/h6-8,11H,3-5H2,1-2H3/t7-,8-/m1/s1. The SMILES string of the molecule is CC(C)N1C[C@H](F)C[C@@H]1CO. The lowest BCUT2D eigenvalue weighted by molar-refractivity contribution is 0.132. The predicted molar refractivity (Wildman–Crippen MR) is 42.2 cm³/mol. The summed E-state index contributed by atoms with van der Waals surface area (Å²) in [6, 6.07) is 0.387. The van der Waals surface area contributed by atoms with E-state index in [4.69, 9.17) is 5.11 Å². The van der Waals surface area contributed by atoms with Crippen LogP contribution < -0.4 is 0 Å². The van der Waals surface area contributed by atoms with Gasteiger partial charge in [0.25, 0.3) is 0 Å². The number of hydrogen-bond acceptors (Lipinski definition) is 2. The van der Waals surface area contributed by atoms with Gasteiger partial charge in [-0.15, -0.1) is 0 Å². The van der Waals surface area contributed by atoms with Gasteiger partial charge in [0, 0.05) is 18.6 Å². The van der Waals surface area contributed by atoms with Gasteiger partial charge in [-0.1, -0.05) is 0 Å². The molecule has 0 bridgehead atoms. The fourth-order valence-corrected chi connectivity index (χ4v) is 1.69. The van der Waals surface area contributed by atoms with E-state index in [2.05, 4.69) is 0 Å². The minimum absolute atomic E-state index is 0.0463. The molecule has 0 amide bonds. The molecule has 1 rings (SSSR count). The molecule has 1 heterocycles. The Morgan fingerprint density at radius 1 is 1.64 bits per heavy atom. The molecule has 1 aliphatic rings. The molecule has 0 saturated carbocycles. The van der Waals surface area contributed by atoms with E-state index in [-0.39, 0.29) is 12.6 Å². The summed E-state index contributed by atoms with van der Waals surface area (Å²) in [7, 11) is 0. The largest absolute Gasteiger partial charge is 0.395 e. The van der Waals surface area contributed by atoms with Crippen LogP contribution in [-0.2, 0) is 0 Å². The predicted octanol–water partition coefficient (Wildman–Crippen LogP) is 0.800. The Morgan fingerprint density at radius 2 is 2.27 bits per heavy atom. The van der Waals surface area contributed by atoms with Crippen LogP contribution in [0.5, 0.6) is 0 Å². The highest BCUT2D eigenvalue weighted by molar-refractivity contribution is 4.86. The van der Waals surface area contributed by atoms with Gasteiger partial charge in [0.15, 0.2) is 0 Å². The quantitative estimate of drug-likeness (QED) is 0.647. The van der Waals surface area contributed by atoms with Gasteiger partial charge in [-0.05, 0) is 20.3 Å². The van der Waals surface area contributed by atoms with Gasteiger partial charge in [-0.3, -0.25) is 4.90 Å². The fraction of sp³-hybridized carbons (Fsp3) is 1.00. The van der Waals surface area contributed by atoms with Crippen molar-refractivity contribution in [2.45, 2.75) is 38.5 Å². The van der Waals surface area contributed by atoms with Gasteiger partial charge >= 0.3 is 0 Å². The number of halogens is 1. The van der Waals surface area contributed by atoms with E-state index in [1.807, 2.05) is 18.7 Å². The zero-order valence-electron chi connectivity index (χ0n) is 7.13. The van der Waals surface area contributed by atoms with Crippen molar-refractivity contribution in [3.63, 3.8) is 0 Å². The molecule has 1 fully saturated rings. The maximum Gasteiger partial charge on any atom is 0.114 e. The molecule has 1 N–H and O–H groups in total. The van der Waals surface area contributed by atoms with Gasteiger partial charge < -0.3 is 5.11 Å². The topological polar surface area (TPSA) is 23.5 Å². The molecule has 3 heteroatoms. The Hall–Kier alpha value is -0.150. The van der Waals surface area contributed by atoms with Crippen molar-refractivity contribution in [2.24, 2.45) is 0 Å². The molecule has 0 unspecified atom stereocenters. The van der Waals surface area contributed by atoms with Crippen molar-refractivity contribution in [1.82, 2.24) is 4.90 Å². The number of aliphatic hydroxyl groups is 1. The van der Waals surface area contributed by atoms with E-state index in [1.165, 1.54) is 0 Å². The zero-order valence-corrected chi connectivity index (χ0v) is 7.13. The number of alkyl halides is 1. The lowest BCUT2D eigenvalue weighted by atomic mass is 10.2. The number of hydrogen-bond donors (Lipinski definition) is 1. The summed E-state index contributed by atoms with van der Waals surface area (Å²) in [5.41, 5.74) is 0. The Balaban J connectivity index is 2.50. The van der Waals surface area contributed by atoms with Crippen LogP contribution in [0.2, 0.25) is 0 Å². The molecule has 2 nitrogen and oxygen atoms in total. The van der Waals surface area contributed by atoms with Crippen LogP contribution in [0.25, 0.3) is 0 Å². The average molecular weight is 161 g/mol. The Morgan fingerprint density at radius 3 is 2.64 bits per heavy atom. The molecule has 66 valence electrons. The minimum atomic E-state index is -0.741. The van der Waals surface area contributed by atoms with Crippen LogP contribution in [0.1, 0.15) is 20.3 Å². The molecular weight excluding hydrogens is 145 g/mol.